The van der Waals surface area contributed by atoms with Gasteiger partial charge in [-0.05, 0) is 42.5 Å². The Morgan fingerprint density at radius 3 is 2.64 bits per heavy atom. The van der Waals surface area contributed by atoms with E-state index in [-0.39, 0.29) is 17.2 Å². The van der Waals surface area contributed by atoms with Crippen molar-refractivity contribution in [1.82, 2.24) is 19.7 Å². The molecule has 166 valence electrons. The third kappa shape index (κ3) is 5.21. The number of hydrogen-bond acceptors (Lipinski definition) is 7. The van der Waals surface area contributed by atoms with Gasteiger partial charge in [0.25, 0.3) is 0 Å². The molecule has 1 amide bonds. The summed E-state index contributed by atoms with van der Waals surface area (Å²) in [5.74, 6) is -0.160. The second-order valence-electron chi connectivity index (χ2n) is 6.74. The largest absolute Gasteiger partial charge is 0.465 e. The number of hydrogen-bond donors (Lipinski definition) is 1. The Labute approximate surface area is 199 Å². The summed E-state index contributed by atoms with van der Waals surface area (Å²) in [6.45, 7) is 0. The minimum atomic E-state index is -0.518. The van der Waals surface area contributed by atoms with Crippen molar-refractivity contribution in [2.75, 3.05) is 18.2 Å². The number of esters is 1. The molecule has 10 heteroatoms. The van der Waals surface area contributed by atoms with E-state index in [4.69, 9.17) is 16.3 Å². The number of benzene rings is 2. The van der Waals surface area contributed by atoms with Crippen molar-refractivity contribution in [3.63, 3.8) is 0 Å². The summed E-state index contributed by atoms with van der Waals surface area (Å²) in [4.78, 5) is 28.6. The molecule has 4 rings (SSSR count). The smallest absolute Gasteiger partial charge is 0.337 e. The normalized spacial score (nSPS) is 10.6. The number of rotatable bonds is 7. The summed E-state index contributed by atoms with van der Waals surface area (Å²) in [5, 5.41) is 12.2. The SMILES string of the molecule is COC(=O)c1ccc(Cl)c(NC(=O)CSc2nnc(-c3cccnc3)n2-c2ccccc2)c1. The molecule has 0 bridgehead atoms. The Bertz CT molecular complexity index is 1280. The van der Waals surface area contributed by atoms with E-state index < -0.39 is 5.97 Å². The number of nitrogens with zero attached hydrogens (tertiary/aromatic N) is 4. The molecule has 0 aliphatic rings. The van der Waals surface area contributed by atoms with E-state index in [9.17, 15) is 9.59 Å². The molecule has 0 aliphatic heterocycles. The van der Waals surface area contributed by atoms with Gasteiger partial charge in [0.05, 0.1) is 29.1 Å². The number of halogens is 1. The number of carbonyl (C=O) groups is 2. The second-order valence-corrected chi connectivity index (χ2v) is 8.09. The van der Waals surface area contributed by atoms with Crippen LogP contribution in [0.25, 0.3) is 17.1 Å². The summed E-state index contributed by atoms with van der Waals surface area (Å²) in [6.07, 6.45) is 3.40. The summed E-state index contributed by atoms with van der Waals surface area (Å²) >= 11 is 7.40. The quantitative estimate of drug-likeness (QED) is 0.307. The van der Waals surface area contributed by atoms with Crippen LogP contribution in [-0.4, -0.2) is 44.5 Å². The molecule has 0 atom stereocenters. The minimum absolute atomic E-state index is 0.0524. The van der Waals surface area contributed by atoms with Crippen LogP contribution in [0.15, 0.2) is 78.2 Å². The van der Waals surface area contributed by atoms with E-state index in [1.54, 1.807) is 12.4 Å². The summed E-state index contributed by atoms with van der Waals surface area (Å²) in [6, 6.07) is 17.9. The van der Waals surface area contributed by atoms with Gasteiger partial charge in [0.15, 0.2) is 11.0 Å². The van der Waals surface area contributed by atoms with Crippen LogP contribution in [0.3, 0.4) is 0 Å². The van der Waals surface area contributed by atoms with Crippen molar-refractivity contribution in [2.45, 2.75) is 5.16 Å². The molecule has 2 heterocycles. The van der Waals surface area contributed by atoms with Crippen molar-refractivity contribution >= 4 is 40.9 Å². The lowest BCUT2D eigenvalue weighted by atomic mass is 10.2. The topological polar surface area (TPSA) is 99.0 Å². The third-order valence-corrected chi connectivity index (χ3v) is 5.82. The van der Waals surface area contributed by atoms with Crippen LogP contribution in [0, 0.1) is 0 Å². The fraction of sp³-hybridized carbons (Fsp3) is 0.0870. The molecule has 1 N–H and O–H groups in total. The highest BCUT2D eigenvalue weighted by Crippen LogP contribution is 2.28. The molecule has 0 radical (unpaired) electrons. The highest BCUT2D eigenvalue weighted by molar-refractivity contribution is 7.99. The predicted molar refractivity (Wildman–Crippen MR) is 127 cm³/mol. The number of ether oxygens (including phenoxy) is 1. The Morgan fingerprint density at radius 2 is 1.91 bits per heavy atom. The van der Waals surface area contributed by atoms with Gasteiger partial charge in [-0.25, -0.2) is 4.79 Å². The average molecular weight is 480 g/mol. The molecule has 33 heavy (non-hydrogen) atoms. The maximum atomic E-state index is 12.6. The van der Waals surface area contributed by atoms with Crippen LogP contribution < -0.4 is 5.32 Å². The second kappa shape index (κ2) is 10.3. The lowest BCUT2D eigenvalue weighted by Crippen LogP contribution is -2.15. The third-order valence-electron chi connectivity index (χ3n) is 4.56. The van der Waals surface area contributed by atoms with E-state index in [0.717, 1.165) is 11.3 Å². The Kier molecular flexibility index (Phi) is 7.01. The Hall–Kier alpha value is -3.69. The number of pyridine rings is 1. The highest BCUT2D eigenvalue weighted by atomic mass is 35.5. The fourth-order valence-electron chi connectivity index (χ4n) is 3.04. The molecular formula is C23H18ClN5O3S. The first kappa shape index (κ1) is 22.5. The lowest BCUT2D eigenvalue weighted by Gasteiger charge is -2.11. The zero-order valence-corrected chi connectivity index (χ0v) is 19.0. The highest BCUT2D eigenvalue weighted by Gasteiger charge is 2.18. The van der Waals surface area contributed by atoms with Gasteiger partial charge in [-0.15, -0.1) is 10.2 Å². The molecular weight excluding hydrogens is 462 g/mol. The van der Waals surface area contributed by atoms with Crippen molar-refractivity contribution in [1.29, 1.82) is 0 Å². The van der Waals surface area contributed by atoms with E-state index in [1.165, 1.54) is 37.1 Å². The molecule has 2 aromatic carbocycles. The standard InChI is InChI=1S/C23H18ClN5O3S/c1-32-22(31)15-9-10-18(24)19(12-15)26-20(30)14-33-23-28-27-21(16-6-5-11-25-13-16)29(23)17-7-3-2-4-8-17/h2-13H,14H2,1H3,(H,26,30). The lowest BCUT2D eigenvalue weighted by molar-refractivity contribution is -0.113. The Balaban J connectivity index is 1.55. The molecule has 4 aromatic rings. The van der Waals surface area contributed by atoms with E-state index >= 15 is 0 Å². The number of para-hydroxylation sites is 1. The molecule has 0 aliphatic carbocycles. The minimum Gasteiger partial charge on any atom is -0.465 e. The zero-order valence-electron chi connectivity index (χ0n) is 17.4. The number of anilines is 1. The van der Waals surface area contributed by atoms with Gasteiger partial charge >= 0.3 is 5.97 Å². The molecule has 2 aromatic heterocycles. The van der Waals surface area contributed by atoms with Crippen molar-refractivity contribution in [3.05, 3.63) is 83.6 Å². The molecule has 0 unspecified atom stereocenters. The Morgan fingerprint density at radius 1 is 1.09 bits per heavy atom. The van der Waals surface area contributed by atoms with Crippen LogP contribution in [0.4, 0.5) is 5.69 Å². The van der Waals surface area contributed by atoms with Gasteiger partial charge in [0.2, 0.25) is 5.91 Å². The average Bonchev–Trinajstić information content (AvgIpc) is 3.28. The van der Waals surface area contributed by atoms with Crippen LogP contribution in [0.5, 0.6) is 0 Å². The maximum Gasteiger partial charge on any atom is 0.337 e. The molecule has 0 spiro atoms. The van der Waals surface area contributed by atoms with Gasteiger partial charge in [0.1, 0.15) is 0 Å². The van der Waals surface area contributed by atoms with Gasteiger partial charge in [0, 0.05) is 23.6 Å². The summed E-state index contributed by atoms with van der Waals surface area (Å²) in [7, 11) is 1.29. The summed E-state index contributed by atoms with van der Waals surface area (Å²) in [5.41, 5.74) is 2.27. The van der Waals surface area contributed by atoms with Crippen LogP contribution in [0.1, 0.15) is 10.4 Å². The van der Waals surface area contributed by atoms with Crippen LogP contribution >= 0.6 is 23.4 Å². The van der Waals surface area contributed by atoms with Crippen molar-refractivity contribution < 1.29 is 14.3 Å². The number of amides is 1. The van der Waals surface area contributed by atoms with Crippen molar-refractivity contribution in [2.24, 2.45) is 0 Å². The molecule has 8 nitrogen and oxygen atoms in total. The molecule has 0 saturated heterocycles. The van der Waals surface area contributed by atoms with E-state index in [1.807, 2.05) is 47.0 Å². The fourth-order valence-corrected chi connectivity index (χ4v) is 3.95. The number of carbonyl (C=O) groups excluding carboxylic acids is 2. The monoisotopic (exact) mass is 479 g/mol. The van der Waals surface area contributed by atoms with Gasteiger partial charge in [-0.3, -0.25) is 14.3 Å². The van der Waals surface area contributed by atoms with Crippen LogP contribution in [0.2, 0.25) is 5.02 Å². The zero-order chi connectivity index (χ0) is 23.2. The van der Waals surface area contributed by atoms with Gasteiger partial charge < -0.3 is 10.1 Å². The van der Waals surface area contributed by atoms with E-state index in [0.29, 0.717) is 21.7 Å². The van der Waals surface area contributed by atoms with Gasteiger partial charge in [-0.1, -0.05) is 41.6 Å². The number of thioether (sulfide) groups is 1. The first-order chi connectivity index (χ1) is 16.1. The summed E-state index contributed by atoms with van der Waals surface area (Å²) < 4.78 is 6.59. The number of aromatic nitrogens is 4. The van der Waals surface area contributed by atoms with E-state index in [2.05, 4.69) is 20.5 Å². The first-order valence-electron chi connectivity index (χ1n) is 9.78. The van der Waals surface area contributed by atoms with Gasteiger partial charge in [-0.2, -0.15) is 0 Å². The maximum absolute atomic E-state index is 12.6. The number of nitrogens with one attached hydrogen (secondary N) is 1. The first-order valence-corrected chi connectivity index (χ1v) is 11.1. The number of methoxy groups -OCH3 is 1. The van der Waals surface area contributed by atoms with Crippen molar-refractivity contribution in [3.8, 4) is 17.1 Å². The van der Waals surface area contributed by atoms with Crippen LogP contribution in [-0.2, 0) is 9.53 Å². The predicted octanol–water partition coefficient (Wildman–Crippen LogP) is 4.50. The molecule has 0 saturated carbocycles. The molecule has 0 fully saturated rings.